The molecule has 1 aromatic heterocycles. The Labute approximate surface area is 148 Å². The average molecular weight is 333 g/mol. The van der Waals surface area contributed by atoms with Gasteiger partial charge in [0.15, 0.2) is 0 Å². The number of carbonyl (C=O) groups is 1. The molecular weight excluding hydrogens is 310 g/mol. The van der Waals surface area contributed by atoms with Crippen LogP contribution in [0.1, 0.15) is 34.9 Å². The molecule has 2 heterocycles. The molecule has 1 aliphatic rings. The monoisotopic (exact) mass is 333 g/mol. The second-order valence-electron chi connectivity index (χ2n) is 7.17. The number of benzene rings is 2. The molecule has 1 aliphatic heterocycles. The number of carbonyl (C=O) groups excluding carboxylic acids is 1. The predicted octanol–water partition coefficient (Wildman–Crippen LogP) is 4.02. The minimum absolute atomic E-state index is 0.130. The van der Waals surface area contributed by atoms with Crippen molar-refractivity contribution in [3.8, 4) is 0 Å². The van der Waals surface area contributed by atoms with E-state index >= 15 is 0 Å². The van der Waals surface area contributed by atoms with E-state index < -0.39 is 0 Å². The molecule has 0 bridgehead atoms. The molecular formula is C21H23N3O. The Hall–Kier alpha value is -2.62. The van der Waals surface area contributed by atoms with Gasteiger partial charge in [-0.25, -0.2) is 4.98 Å². The van der Waals surface area contributed by atoms with Crippen molar-refractivity contribution < 1.29 is 4.79 Å². The first-order valence-corrected chi connectivity index (χ1v) is 8.75. The summed E-state index contributed by atoms with van der Waals surface area (Å²) in [6.07, 6.45) is 0.518. The summed E-state index contributed by atoms with van der Waals surface area (Å²) in [5, 5.41) is 0. The molecule has 0 aliphatic carbocycles. The number of fused-ring (bicyclic) bond motifs is 1. The first-order valence-electron chi connectivity index (χ1n) is 8.75. The summed E-state index contributed by atoms with van der Waals surface area (Å²) < 4.78 is 2.13. The molecule has 0 saturated carbocycles. The van der Waals surface area contributed by atoms with Crippen LogP contribution in [-0.2, 0) is 11.8 Å². The maximum Gasteiger partial charge on any atom is 0.227 e. The number of para-hydroxylation sites is 2. The van der Waals surface area contributed by atoms with Gasteiger partial charge >= 0.3 is 0 Å². The van der Waals surface area contributed by atoms with E-state index in [4.69, 9.17) is 4.98 Å². The molecule has 4 nitrogen and oxygen atoms in total. The van der Waals surface area contributed by atoms with Crippen molar-refractivity contribution in [3.05, 3.63) is 58.9 Å². The van der Waals surface area contributed by atoms with Crippen molar-refractivity contribution in [2.75, 3.05) is 11.4 Å². The highest BCUT2D eigenvalue weighted by atomic mass is 16.2. The molecule has 4 heteroatoms. The number of aryl methyl sites for hydroxylation is 4. The Balaban J connectivity index is 1.72. The minimum atomic E-state index is 0.130. The van der Waals surface area contributed by atoms with Crippen LogP contribution >= 0.6 is 0 Å². The number of hydrogen-bond donors (Lipinski definition) is 0. The van der Waals surface area contributed by atoms with E-state index in [0.717, 1.165) is 33.7 Å². The van der Waals surface area contributed by atoms with Crippen molar-refractivity contribution in [2.24, 2.45) is 7.05 Å². The molecule has 3 aromatic rings. The van der Waals surface area contributed by atoms with E-state index in [1.165, 1.54) is 5.56 Å². The number of imidazole rings is 1. The summed E-state index contributed by atoms with van der Waals surface area (Å²) in [6, 6.07) is 12.4. The van der Waals surface area contributed by atoms with Crippen LogP contribution in [0, 0.1) is 20.8 Å². The summed E-state index contributed by atoms with van der Waals surface area (Å²) in [5.74, 6) is 1.32. The van der Waals surface area contributed by atoms with Crippen LogP contribution in [0.5, 0.6) is 0 Å². The fourth-order valence-corrected chi connectivity index (χ4v) is 4.22. The van der Waals surface area contributed by atoms with Gasteiger partial charge in [-0.3, -0.25) is 4.79 Å². The van der Waals surface area contributed by atoms with Crippen LogP contribution in [0.3, 0.4) is 0 Å². The number of anilines is 1. The topological polar surface area (TPSA) is 38.1 Å². The van der Waals surface area contributed by atoms with Crippen molar-refractivity contribution in [1.29, 1.82) is 0 Å². The molecule has 0 radical (unpaired) electrons. The summed E-state index contributed by atoms with van der Waals surface area (Å²) in [6.45, 7) is 6.97. The lowest BCUT2D eigenvalue weighted by molar-refractivity contribution is -0.117. The summed E-state index contributed by atoms with van der Waals surface area (Å²) >= 11 is 0. The minimum Gasteiger partial charge on any atom is -0.331 e. The fraction of sp³-hybridized carbons (Fsp3) is 0.333. The van der Waals surface area contributed by atoms with Gasteiger partial charge < -0.3 is 9.47 Å². The predicted molar refractivity (Wildman–Crippen MR) is 101 cm³/mol. The Morgan fingerprint density at radius 1 is 1.08 bits per heavy atom. The Bertz CT molecular complexity index is 963. The van der Waals surface area contributed by atoms with Crippen LogP contribution in [-0.4, -0.2) is 22.0 Å². The van der Waals surface area contributed by atoms with Gasteiger partial charge in [-0.05, 0) is 44.0 Å². The second kappa shape index (κ2) is 5.73. The summed E-state index contributed by atoms with van der Waals surface area (Å²) in [4.78, 5) is 19.5. The molecule has 0 unspecified atom stereocenters. The molecule has 1 atom stereocenters. The van der Waals surface area contributed by atoms with E-state index in [0.29, 0.717) is 13.0 Å². The van der Waals surface area contributed by atoms with Gasteiger partial charge in [-0.2, -0.15) is 0 Å². The van der Waals surface area contributed by atoms with Crippen LogP contribution in [0.2, 0.25) is 0 Å². The lowest BCUT2D eigenvalue weighted by atomic mass is 10.0. The molecule has 128 valence electrons. The Morgan fingerprint density at radius 3 is 2.44 bits per heavy atom. The number of nitrogens with zero attached hydrogens (tertiary/aromatic N) is 3. The van der Waals surface area contributed by atoms with Crippen molar-refractivity contribution >= 4 is 22.6 Å². The summed E-state index contributed by atoms with van der Waals surface area (Å²) in [7, 11) is 2.04. The third kappa shape index (κ3) is 2.53. The largest absolute Gasteiger partial charge is 0.331 e. The third-order valence-corrected chi connectivity index (χ3v) is 5.22. The second-order valence-corrected chi connectivity index (χ2v) is 7.17. The van der Waals surface area contributed by atoms with Gasteiger partial charge in [0, 0.05) is 31.6 Å². The van der Waals surface area contributed by atoms with E-state index in [-0.39, 0.29) is 11.8 Å². The van der Waals surface area contributed by atoms with Crippen molar-refractivity contribution in [2.45, 2.75) is 33.1 Å². The van der Waals surface area contributed by atoms with Crippen LogP contribution in [0.15, 0.2) is 36.4 Å². The first kappa shape index (κ1) is 15.9. The van der Waals surface area contributed by atoms with Gasteiger partial charge in [0.05, 0.1) is 11.0 Å². The van der Waals surface area contributed by atoms with E-state index in [1.807, 2.05) is 30.1 Å². The van der Waals surface area contributed by atoms with Gasteiger partial charge in [0.2, 0.25) is 5.91 Å². The van der Waals surface area contributed by atoms with E-state index in [9.17, 15) is 4.79 Å². The maximum absolute atomic E-state index is 12.8. The average Bonchev–Trinajstić information content (AvgIpc) is 3.08. The SMILES string of the molecule is Cc1cc(C)c(N2C[C@H](c3nc4ccccc4n3C)CC2=O)c(C)c1. The van der Waals surface area contributed by atoms with Crippen LogP contribution < -0.4 is 4.90 Å². The molecule has 4 rings (SSSR count). The van der Waals surface area contributed by atoms with Gasteiger partial charge in [0.1, 0.15) is 5.82 Å². The third-order valence-electron chi connectivity index (χ3n) is 5.22. The van der Waals surface area contributed by atoms with Gasteiger partial charge in [-0.15, -0.1) is 0 Å². The van der Waals surface area contributed by atoms with Gasteiger partial charge in [0.25, 0.3) is 0 Å². The zero-order valence-corrected chi connectivity index (χ0v) is 15.2. The molecule has 0 spiro atoms. The number of hydrogen-bond acceptors (Lipinski definition) is 2. The molecule has 2 aromatic carbocycles. The van der Waals surface area contributed by atoms with Crippen molar-refractivity contribution in [1.82, 2.24) is 9.55 Å². The highest BCUT2D eigenvalue weighted by Crippen LogP contribution is 2.36. The lowest BCUT2D eigenvalue weighted by Crippen LogP contribution is -2.26. The number of aromatic nitrogens is 2. The number of amides is 1. The highest BCUT2D eigenvalue weighted by Gasteiger charge is 2.35. The van der Waals surface area contributed by atoms with Gasteiger partial charge in [-0.1, -0.05) is 29.8 Å². The quantitative estimate of drug-likeness (QED) is 0.710. The molecule has 25 heavy (non-hydrogen) atoms. The zero-order chi connectivity index (χ0) is 17.7. The fourth-order valence-electron chi connectivity index (χ4n) is 4.22. The standard InChI is InChI=1S/C21H23N3O/c1-13-9-14(2)20(15(3)10-13)24-12-16(11-19(24)25)21-22-17-7-5-6-8-18(17)23(21)4/h5-10,16H,11-12H2,1-4H3/t16-/m1/s1. The normalized spacial score (nSPS) is 17.7. The van der Waals surface area contributed by atoms with Crippen molar-refractivity contribution in [3.63, 3.8) is 0 Å². The van der Waals surface area contributed by atoms with E-state index in [1.54, 1.807) is 0 Å². The molecule has 1 fully saturated rings. The van der Waals surface area contributed by atoms with E-state index in [2.05, 4.69) is 43.5 Å². The van der Waals surface area contributed by atoms with Crippen LogP contribution in [0.25, 0.3) is 11.0 Å². The first-order chi connectivity index (χ1) is 12.0. The Kier molecular flexibility index (Phi) is 3.64. The maximum atomic E-state index is 12.8. The smallest absolute Gasteiger partial charge is 0.227 e. The Morgan fingerprint density at radius 2 is 1.76 bits per heavy atom. The number of rotatable bonds is 2. The highest BCUT2D eigenvalue weighted by molar-refractivity contribution is 5.98. The molecule has 1 saturated heterocycles. The molecule has 0 N–H and O–H groups in total. The lowest BCUT2D eigenvalue weighted by Gasteiger charge is -2.22. The summed E-state index contributed by atoms with van der Waals surface area (Å²) in [5.41, 5.74) is 6.74. The molecule has 1 amide bonds. The zero-order valence-electron chi connectivity index (χ0n) is 15.2. The van der Waals surface area contributed by atoms with Crippen LogP contribution in [0.4, 0.5) is 5.69 Å².